The fourth-order valence-electron chi connectivity index (χ4n) is 1.57. The minimum Gasteiger partial charge on any atom is -0.389 e. The maximum Gasteiger partial charge on any atom is 0.146 e. The Kier molecular flexibility index (Phi) is 3.93. The highest BCUT2D eigenvalue weighted by molar-refractivity contribution is 7.80. The fraction of sp³-hybridized carbons (Fsp3) is 0.154. The van der Waals surface area contributed by atoms with E-state index in [-0.39, 0.29) is 10.8 Å². The number of thiocarbonyl (C=S) groups is 1. The Morgan fingerprint density at radius 1 is 1.44 bits per heavy atom. The lowest BCUT2D eigenvalue weighted by molar-refractivity contribution is 0.630. The summed E-state index contributed by atoms with van der Waals surface area (Å²) in [4.78, 5) is 1.40. The molecule has 2 nitrogen and oxygen atoms in total. The second-order valence-electron chi connectivity index (χ2n) is 3.94. The summed E-state index contributed by atoms with van der Waals surface area (Å²) in [6, 6.07) is 6.78. The molecule has 0 spiro atoms. The van der Waals surface area contributed by atoms with Crippen molar-refractivity contribution in [2.24, 2.45) is 5.73 Å². The molecule has 1 aromatic heterocycles. The summed E-state index contributed by atoms with van der Waals surface area (Å²) in [5.74, 6) is -0.338. The normalized spacial score (nSPS) is 10.3. The molecule has 18 heavy (non-hydrogen) atoms. The van der Waals surface area contributed by atoms with Crippen LogP contribution in [0.15, 0.2) is 29.6 Å². The van der Waals surface area contributed by atoms with Gasteiger partial charge in [-0.05, 0) is 42.1 Å². The van der Waals surface area contributed by atoms with E-state index in [1.165, 1.54) is 16.5 Å². The summed E-state index contributed by atoms with van der Waals surface area (Å²) in [6.07, 6.45) is 0. The standard InChI is InChI=1S/C13H13FN2S2/c1-8-4-5-18-12(8)7-16-11-3-2-9(13(15)17)6-10(11)14/h2-6,16H,7H2,1H3,(H2,15,17). The van der Waals surface area contributed by atoms with Crippen molar-refractivity contribution in [3.63, 3.8) is 0 Å². The number of benzene rings is 1. The van der Waals surface area contributed by atoms with Crippen molar-refractivity contribution in [2.75, 3.05) is 5.32 Å². The minimum atomic E-state index is -0.338. The first kappa shape index (κ1) is 13.0. The molecule has 3 N–H and O–H groups in total. The zero-order chi connectivity index (χ0) is 13.1. The molecule has 94 valence electrons. The summed E-state index contributed by atoms with van der Waals surface area (Å²) in [7, 11) is 0. The van der Waals surface area contributed by atoms with Gasteiger partial charge >= 0.3 is 0 Å². The van der Waals surface area contributed by atoms with Gasteiger partial charge in [0.2, 0.25) is 0 Å². The van der Waals surface area contributed by atoms with Gasteiger partial charge in [0.15, 0.2) is 0 Å². The third-order valence-electron chi connectivity index (χ3n) is 2.66. The molecular weight excluding hydrogens is 267 g/mol. The predicted molar refractivity (Wildman–Crippen MR) is 78.7 cm³/mol. The van der Waals surface area contributed by atoms with Gasteiger partial charge in [-0.15, -0.1) is 11.3 Å². The Balaban J connectivity index is 2.11. The molecule has 0 fully saturated rings. The van der Waals surface area contributed by atoms with E-state index in [9.17, 15) is 4.39 Å². The summed E-state index contributed by atoms with van der Waals surface area (Å²) in [6.45, 7) is 2.66. The van der Waals surface area contributed by atoms with Gasteiger partial charge in [0.1, 0.15) is 10.8 Å². The second kappa shape index (κ2) is 5.46. The third kappa shape index (κ3) is 2.86. The van der Waals surface area contributed by atoms with E-state index in [2.05, 4.69) is 5.32 Å². The first-order valence-corrected chi connectivity index (χ1v) is 6.73. The van der Waals surface area contributed by atoms with Crippen molar-refractivity contribution >= 4 is 34.2 Å². The van der Waals surface area contributed by atoms with Crippen LogP contribution < -0.4 is 11.1 Å². The maximum absolute atomic E-state index is 13.8. The van der Waals surface area contributed by atoms with Crippen LogP contribution in [0, 0.1) is 12.7 Å². The van der Waals surface area contributed by atoms with Crippen LogP contribution in [0.25, 0.3) is 0 Å². The van der Waals surface area contributed by atoms with E-state index >= 15 is 0 Å². The van der Waals surface area contributed by atoms with Crippen LogP contribution in [0.2, 0.25) is 0 Å². The lowest BCUT2D eigenvalue weighted by Gasteiger charge is -2.08. The average Bonchev–Trinajstić information content (AvgIpc) is 2.73. The van der Waals surface area contributed by atoms with E-state index in [1.807, 2.05) is 18.4 Å². The van der Waals surface area contributed by atoms with E-state index in [0.29, 0.717) is 17.8 Å². The number of halogens is 1. The van der Waals surface area contributed by atoms with E-state index in [1.54, 1.807) is 23.5 Å². The van der Waals surface area contributed by atoms with Crippen LogP contribution in [0.3, 0.4) is 0 Å². The fourth-order valence-corrected chi connectivity index (χ4v) is 2.55. The van der Waals surface area contributed by atoms with Crippen LogP contribution in [0.4, 0.5) is 10.1 Å². The number of thiophene rings is 1. The molecular formula is C13H13FN2S2. The summed E-state index contributed by atoms with van der Waals surface area (Å²) >= 11 is 6.46. The van der Waals surface area contributed by atoms with E-state index in [0.717, 1.165) is 0 Å². The van der Waals surface area contributed by atoms with E-state index in [4.69, 9.17) is 18.0 Å². The molecule has 0 radical (unpaired) electrons. The highest BCUT2D eigenvalue weighted by Crippen LogP contribution is 2.20. The molecule has 5 heteroatoms. The van der Waals surface area contributed by atoms with Gasteiger partial charge in [0.25, 0.3) is 0 Å². The minimum absolute atomic E-state index is 0.203. The van der Waals surface area contributed by atoms with Crippen LogP contribution in [-0.4, -0.2) is 4.99 Å². The Labute approximate surface area is 115 Å². The quantitative estimate of drug-likeness (QED) is 0.843. The maximum atomic E-state index is 13.8. The SMILES string of the molecule is Cc1ccsc1CNc1ccc(C(N)=S)cc1F. The van der Waals surface area contributed by atoms with Crippen molar-refractivity contribution < 1.29 is 4.39 Å². The molecule has 2 rings (SSSR count). The zero-order valence-corrected chi connectivity index (χ0v) is 11.5. The number of anilines is 1. The summed E-state index contributed by atoms with van der Waals surface area (Å²) in [5.41, 5.74) is 7.67. The van der Waals surface area contributed by atoms with Crippen molar-refractivity contribution in [1.29, 1.82) is 0 Å². The largest absolute Gasteiger partial charge is 0.389 e. The van der Waals surface area contributed by atoms with Gasteiger partial charge in [-0.3, -0.25) is 0 Å². The van der Waals surface area contributed by atoms with Crippen molar-refractivity contribution in [1.82, 2.24) is 0 Å². The van der Waals surface area contributed by atoms with Gasteiger partial charge in [-0.25, -0.2) is 4.39 Å². The highest BCUT2D eigenvalue weighted by Gasteiger charge is 2.06. The Hall–Kier alpha value is -1.46. The molecule has 1 aromatic carbocycles. The van der Waals surface area contributed by atoms with Crippen molar-refractivity contribution in [3.8, 4) is 0 Å². The Morgan fingerprint density at radius 2 is 2.22 bits per heavy atom. The van der Waals surface area contributed by atoms with Gasteiger partial charge in [0, 0.05) is 17.0 Å². The molecule has 0 aliphatic rings. The van der Waals surface area contributed by atoms with Crippen LogP contribution in [-0.2, 0) is 6.54 Å². The molecule has 2 aromatic rings. The Bertz CT molecular complexity index is 578. The lowest BCUT2D eigenvalue weighted by Crippen LogP contribution is -2.10. The summed E-state index contributed by atoms with van der Waals surface area (Å²) < 4.78 is 13.8. The first-order chi connectivity index (χ1) is 8.58. The molecule has 0 saturated carbocycles. The smallest absolute Gasteiger partial charge is 0.146 e. The summed E-state index contributed by atoms with van der Waals surface area (Å²) in [5, 5.41) is 5.10. The number of aryl methyl sites for hydroxylation is 1. The molecule has 0 amide bonds. The van der Waals surface area contributed by atoms with Crippen LogP contribution >= 0.6 is 23.6 Å². The molecule has 0 unspecified atom stereocenters. The molecule has 0 aliphatic heterocycles. The van der Waals surface area contributed by atoms with Crippen molar-refractivity contribution in [2.45, 2.75) is 13.5 Å². The first-order valence-electron chi connectivity index (χ1n) is 5.44. The topological polar surface area (TPSA) is 38.0 Å². The van der Waals surface area contributed by atoms with Crippen LogP contribution in [0.5, 0.6) is 0 Å². The second-order valence-corrected chi connectivity index (χ2v) is 5.38. The highest BCUT2D eigenvalue weighted by atomic mass is 32.1. The van der Waals surface area contributed by atoms with Crippen molar-refractivity contribution in [3.05, 3.63) is 51.5 Å². The Morgan fingerprint density at radius 3 is 2.78 bits per heavy atom. The molecule has 0 atom stereocenters. The lowest BCUT2D eigenvalue weighted by atomic mass is 10.2. The van der Waals surface area contributed by atoms with Gasteiger partial charge < -0.3 is 11.1 Å². The number of rotatable bonds is 4. The molecule has 0 saturated heterocycles. The van der Waals surface area contributed by atoms with Gasteiger partial charge in [-0.2, -0.15) is 0 Å². The predicted octanol–water partition coefficient (Wildman–Crippen LogP) is 3.44. The molecule has 1 heterocycles. The van der Waals surface area contributed by atoms with Gasteiger partial charge in [-0.1, -0.05) is 12.2 Å². The molecule has 0 aliphatic carbocycles. The number of hydrogen-bond acceptors (Lipinski definition) is 3. The number of nitrogens with two attached hydrogens (primary N) is 1. The zero-order valence-electron chi connectivity index (χ0n) is 9.87. The third-order valence-corrected chi connectivity index (χ3v) is 3.92. The molecule has 0 bridgehead atoms. The number of hydrogen-bond donors (Lipinski definition) is 2. The monoisotopic (exact) mass is 280 g/mol. The van der Waals surface area contributed by atoms with E-state index < -0.39 is 0 Å². The van der Waals surface area contributed by atoms with Gasteiger partial charge in [0.05, 0.1) is 5.69 Å². The average molecular weight is 280 g/mol. The van der Waals surface area contributed by atoms with Crippen LogP contribution in [0.1, 0.15) is 16.0 Å². The number of nitrogens with one attached hydrogen (secondary N) is 1.